The molecule has 4 nitrogen and oxygen atoms in total. The molecule has 0 fully saturated rings. The molecule has 102 valence electrons. The van der Waals surface area contributed by atoms with E-state index in [0.29, 0.717) is 12.4 Å². The number of nitrogen functional groups attached to an aromatic ring is 1. The van der Waals surface area contributed by atoms with Crippen molar-refractivity contribution in [1.82, 2.24) is 9.97 Å². The number of aromatic nitrogens is 2. The summed E-state index contributed by atoms with van der Waals surface area (Å²) in [7, 11) is 0. The van der Waals surface area contributed by atoms with Crippen molar-refractivity contribution in [2.75, 3.05) is 12.3 Å². The molecule has 0 saturated heterocycles. The van der Waals surface area contributed by atoms with Crippen LogP contribution in [0.2, 0.25) is 0 Å². The Hall–Kier alpha value is -0.430. The summed E-state index contributed by atoms with van der Waals surface area (Å²) in [6.07, 6.45) is 3.93. The second kappa shape index (κ2) is 7.89. The highest BCUT2D eigenvalue weighted by atomic mass is 127. The lowest BCUT2D eigenvalue weighted by Gasteiger charge is -2.17. The van der Waals surface area contributed by atoms with Crippen LogP contribution in [0.3, 0.4) is 0 Å². The topological polar surface area (TPSA) is 61.0 Å². The lowest BCUT2D eigenvalue weighted by atomic mass is 10.2. The maximum atomic E-state index is 5.97. The van der Waals surface area contributed by atoms with E-state index in [1.54, 1.807) is 0 Å². The minimum Gasteiger partial charge on any atom is -0.383 e. The van der Waals surface area contributed by atoms with Crippen LogP contribution in [0.1, 0.15) is 57.7 Å². The van der Waals surface area contributed by atoms with Crippen LogP contribution in [0, 0.1) is 3.57 Å². The third-order valence-corrected chi connectivity index (χ3v) is 3.83. The summed E-state index contributed by atoms with van der Waals surface area (Å²) in [4.78, 5) is 9.02. The molecule has 2 N–H and O–H groups in total. The van der Waals surface area contributed by atoms with Crippen molar-refractivity contribution in [2.45, 2.75) is 52.6 Å². The van der Waals surface area contributed by atoms with Gasteiger partial charge in [-0.3, -0.25) is 0 Å². The second-order valence-electron chi connectivity index (χ2n) is 4.21. The molecule has 18 heavy (non-hydrogen) atoms. The summed E-state index contributed by atoms with van der Waals surface area (Å²) in [6.45, 7) is 6.93. The first-order valence-corrected chi connectivity index (χ1v) is 7.65. The normalized spacial score (nSPS) is 12.7. The zero-order valence-corrected chi connectivity index (χ0v) is 13.5. The van der Waals surface area contributed by atoms with Gasteiger partial charge in [-0.2, -0.15) is 0 Å². The van der Waals surface area contributed by atoms with Crippen molar-refractivity contribution in [1.29, 1.82) is 0 Å². The van der Waals surface area contributed by atoms with Crippen molar-refractivity contribution in [2.24, 2.45) is 0 Å². The van der Waals surface area contributed by atoms with Crippen LogP contribution in [-0.4, -0.2) is 16.6 Å². The van der Waals surface area contributed by atoms with E-state index in [4.69, 9.17) is 10.5 Å². The standard InChI is InChI=1S/C13H22IN3O/c1-4-7-9-11(14)12(15)17-13(16-9)10(8-5-2)18-6-3/h10H,4-8H2,1-3H3,(H2,15,16,17). The Labute approximate surface area is 123 Å². The molecule has 0 aliphatic carbocycles. The van der Waals surface area contributed by atoms with Gasteiger partial charge in [-0.05, 0) is 42.4 Å². The molecule has 0 aliphatic rings. The van der Waals surface area contributed by atoms with E-state index in [1.807, 2.05) is 6.92 Å². The highest BCUT2D eigenvalue weighted by molar-refractivity contribution is 14.1. The smallest absolute Gasteiger partial charge is 0.159 e. The molecule has 1 unspecified atom stereocenters. The van der Waals surface area contributed by atoms with E-state index < -0.39 is 0 Å². The van der Waals surface area contributed by atoms with Gasteiger partial charge in [0.05, 0.1) is 9.26 Å². The van der Waals surface area contributed by atoms with Gasteiger partial charge in [0.2, 0.25) is 0 Å². The Morgan fingerprint density at radius 3 is 2.50 bits per heavy atom. The average Bonchev–Trinajstić information content (AvgIpc) is 2.34. The Bertz CT molecular complexity index is 379. The van der Waals surface area contributed by atoms with Crippen molar-refractivity contribution in [3.63, 3.8) is 0 Å². The Morgan fingerprint density at radius 1 is 1.22 bits per heavy atom. The zero-order valence-electron chi connectivity index (χ0n) is 11.4. The molecule has 5 heteroatoms. The third-order valence-electron chi connectivity index (χ3n) is 2.66. The van der Waals surface area contributed by atoms with Crippen LogP contribution in [0.25, 0.3) is 0 Å². The van der Waals surface area contributed by atoms with E-state index in [2.05, 4.69) is 46.4 Å². The number of hydrogen-bond donors (Lipinski definition) is 1. The summed E-state index contributed by atoms with van der Waals surface area (Å²) in [5, 5.41) is 0. The maximum absolute atomic E-state index is 5.97. The average molecular weight is 363 g/mol. The molecule has 0 aromatic carbocycles. The Kier molecular flexibility index (Phi) is 6.85. The highest BCUT2D eigenvalue weighted by Crippen LogP contribution is 2.24. The van der Waals surface area contributed by atoms with Gasteiger partial charge in [0.1, 0.15) is 11.9 Å². The monoisotopic (exact) mass is 363 g/mol. The first kappa shape index (κ1) is 15.6. The molecule has 0 aliphatic heterocycles. The van der Waals surface area contributed by atoms with E-state index in [9.17, 15) is 0 Å². The molecule has 1 aromatic rings. The predicted octanol–water partition coefficient (Wildman–Crippen LogP) is 3.49. The molecule has 1 atom stereocenters. The molecule has 0 spiro atoms. The van der Waals surface area contributed by atoms with E-state index in [0.717, 1.165) is 40.8 Å². The summed E-state index contributed by atoms with van der Waals surface area (Å²) in [5.74, 6) is 1.31. The second-order valence-corrected chi connectivity index (χ2v) is 5.29. The fourth-order valence-electron chi connectivity index (χ4n) is 1.83. The van der Waals surface area contributed by atoms with E-state index in [1.165, 1.54) is 0 Å². The number of ether oxygens (including phenoxy) is 1. The van der Waals surface area contributed by atoms with Crippen LogP contribution in [0.15, 0.2) is 0 Å². The number of hydrogen-bond acceptors (Lipinski definition) is 4. The minimum atomic E-state index is -0.0325. The van der Waals surface area contributed by atoms with Crippen molar-refractivity contribution >= 4 is 28.4 Å². The van der Waals surface area contributed by atoms with Gasteiger partial charge in [-0.25, -0.2) is 9.97 Å². The fraction of sp³-hybridized carbons (Fsp3) is 0.692. The molecule has 0 bridgehead atoms. The molecule has 0 saturated carbocycles. The summed E-state index contributed by atoms with van der Waals surface area (Å²) < 4.78 is 6.69. The highest BCUT2D eigenvalue weighted by Gasteiger charge is 2.17. The summed E-state index contributed by atoms with van der Waals surface area (Å²) >= 11 is 2.22. The van der Waals surface area contributed by atoms with Crippen LogP contribution in [0.5, 0.6) is 0 Å². The van der Waals surface area contributed by atoms with E-state index in [-0.39, 0.29) is 6.10 Å². The number of aryl methyl sites for hydroxylation is 1. The molecule has 0 radical (unpaired) electrons. The number of nitrogens with zero attached hydrogens (tertiary/aromatic N) is 2. The van der Waals surface area contributed by atoms with Crippen molar-refractivity contribution < 1.29 is 4.74 Å². The lowest BCUT2D eigenvalue weighted by Crippen LogP contribution is -2.13. The third kappa shape index (κ3) is 4.05. The van der Waals surface area contributed by atoms with Gasteiger partial charge in [-0.1, -0.05) is 26.7 Å². The van der Waals surface area contributed by atoms with Gasteiger partial charge >= 0.3 is 0 Å². The Morgan fingerprint density at radius 2 is 1.94 bits per heavy atom. The first-order valence-electron chi connectivity index (χ1n) is 6.57. The molecule has 1 rings (SSSR count). The maximum Gasteiger partial charge on any atom is 0.159 e. The zero-order chi connectivity index (χ0) is 13.5. The SMILES string of the molecule is CCCc1nc(C(CCC)OCC)nc(N)c1I. The van der Waals surface area contributed by atoms with Crippen LogP contribution < -0.4 is 5.73 Å². The number of rotatable bonds is 7. The molecule has 1 heterocycles. The summed E-state index contributed by atoms with van der Waals surface area (Å²) in [5.41, 5.74) is 7.01. The molecular weight excluding hydrogens is 341 g/mol. The Balaban J connectivity index is 3.06. The molecule has 1 aromatic heterocycles. The van der Waals surface area contributed by atoms with Gasteiger partial charge in [0.15, 0.2) is 5.82 Å². The molecular formula is C13H22IN3O. The van der Waals surface area contributed by atoms with Crippen molar-refractivity contribution in [3.8, 4) is 0 Å². The van der Waals surface area contributed by atoms with Crippen LogP contribution in [-0.2, 0) is 11.2 Å². The minimum absolute atomic E-state index is 0.0325. The van der Waals surface area contributed by atoms with Crippen LogP contribution in [0.4, 0.5) is 5.82 Å². The quantitative estimate of drug-likeness (QED) is 0.754. The van der Waals surface area contributed by atoms with Gasteiger partial charge in [-0.15, -0.1) is 0 Å². The predicted molar refractivity (Wildman–Crippen MR) is 82.4 cm³/mol. The van der Waals surface area contributed by atoms with Gasteiger partial charge in [0.25, 0.3) is 0 Å². The van der Waals surface area contributed by atoms with Crippen LogP contribution >= 0.6 is 22.6 Å². The van der Waals surface area contributed by atoms with E-state index >= 15 is 0 Å². The number of nitrogens with two attached hydrogens (primary N) is 1. The number of halogens is 1. The largest absolute Gasteiger partial charge is 0.383 e. The first-order chi connectivity index (χ1) is 8.63. The fourth-order valence-corrected chi connectivity index (χ4v) is 2.34. The summed E-state index contributed by atoms with van der Waals surface area (Å²) in [6, 6.07) is 0. The van der Waals surface area contributed by atoms with Gasteiger partial charge in [0, 0.05) is 6.61 Å². The van der Waals surface area contributed by atoms with Gasteiger partial charge < -0.3 is 10.5 Å². The number of anilines is 1. The lowest BCUT2D eigenvalue weighted by molar-refractivity contribution is 0.0493. The van der Waals surface area contributed by atoms with Crippen molar-refractivity contribution in [3.05, 3.63) is 15.1 Å². The molecule has 0 amide bonds.